The Balaban J connectivity index is 0.00000225. The van der Waals surface area contributed by atoms with Crippen molar-refractivity contribution in [2.24, 2.45) is 0 Å². The average molecular weight is 398 g/mol. The Labute approximate surface area is 168 Å². The Kier molecular flexibility index (Phi) is 5.46. The minimum absolute atomic E-state index is 0. The summed E-state index contributed by atoms with van der Waals surface area (Å²) < 4.78 is 1.61. The Hall–Kier alpha value is -3.19. The van der Waals surface area contributed by atoms with Gasteiger partial charge in [0.1, 0.15) is 12.7 Å². The molecule has 2 aromatic heterocycles. The van der Waals surface area contributed by atoms with Crippen molar-refractivity contribution >= 4 is 45.7 Å². The van der Waals surface area contributed by atoms with Crippen LogP contribution in [0.15, 0.2) is 48.7 Å². The van der Waals surface area contributed by atoms with Crippen molar-refractivity contribution in [2.75, 3.05) is 11.9 Å². The van der Waals surface area contributed by atoms with Gasteiger partial charge in [0.05, 0.1) is 23.3 Å². The molecule has 1 N–H and O–H groups in total. The molecule has 0 radical (unpaired) electrons. The van der Waals surface area contributed by atoms with E-state index in [0.29, 0.717) is 18.9 Å². The molecule has 0 fully saturated rings. The van der Waals surface area contributed by atoms with Gasteiger partial charge in [-0.25, -0.2) is 14.5 Å². The molecule has 0 bridgehead atoms. The lowest BCUT2D eigenvalue weighted by molar-refractivity contribution is -0.392. The summed E-state index contributed by atoms with van der Waals surface area (Å²) in [6.45, 7) is 4.81. The first kappa shape index (κ1) is 19.6. The fourth-order valence-electron chi connectivity index (χ4n) is 3.37. The highest BCUT2D eigenvalue weighted by Gasteiger charge is 2.17. The molecule has 0 unspecified atom stereocenters. The Morgan fingerprint density at radius 1 is 1.11 bits per heavy atom. The Morgan fingerprint density at radius 2 is 1.86 bits per heavy atom. The van der Waals surface area contributed by atoms with Crippen LogP contribution >= 0.6 is 12.4 Å². The lowest BCUT2D eigenvalue weighted by atomic mass is 10.1. The molecule has 2 heterocycles. The quantitative estimate of drug-likeness (QED) is 0.301. The maximum Gasteiger partial charge on any atom is 0.342 e. The first-order valence-corrected chi connectivity index (χ1v) is 8.74. The van der Waals surface area contributed by atoms with Crippen molar-refractivity contribution in [1.82, 2.24) is 14.5 Å². The molecule has 28 heavy (non-hydrogen) atoms. The van der Waals surface area contributed by atoms with Gasteiger partial charge in [-0.2, -0.15) is 0 Å². The van der Waals surface area contributed by atoms with E-state index in [9.17, 15) is 10.1 Å². The van der Waals surface area contributed by atoms with Crippen LogP contribution in [-0.2, 0) is 6.54 Å². The fourth-order valence-corrected chi connectivity index (χ4v) is 3.37. The van der Waals surface area contributed by atoms with E-state index in [1.165, 1.54) is 6.20 Å². The van der Waals surface area contributed by atoms with Gasteiger partial charge in [0.25, 0.3) is 0 Å². The smallest absolute Gasteiger partial charge is 0.342 e. The van der Waals surface area contributed by atoms with E-state index in [1.807, 2.05) is 36.4 Å². The third kappa shape index (κ3) is 3.48. The van der Waals surface area contributed by atoms with Crippen LogP contribution in [-0.4, -0.2) is 26.0 Å². The summed E-state index contributed by atoms with van der Waals surface area (Å²) in [4.78, 5) is 19.6. The van der Waals surface area contributed by atoms with Crippen molar-refractivity contribution in [1.29, 1.82) is 0 Å². The highest BCUT2D eigenvalue weighted by molar-refractivity contribution is 6.07. The number of hydrogen-bond donors (Lipinski definition) is 1. The number of fused-ring (bicyclic) bond motifs is 2. The summed E-state index contributed by atoms with van der Waals surface area (Å²) in [6.07, 6.45) is 1.30. The lowest BCUT2D eigenvalue weighted by Gasteiger charge is -2.13. The molecule has 0 atom stereocenters. The third-order valence-electron chi connectivity index (χ3n) is 4.69. The summed E-state index contributed by atoms with van der Waals surface area (Å²) in [5, 5.41) is 16.7. The summed E-state index contributed by atoms with van der Waals surface area (Å²) in [5.74, 6) is 0.637. The molecule has 4 rings (SSSR count). The van der Waals surface area contributed by atoms with Gasteiger partial charge < -0.3 is 15.4 Å². The number of aromatic nitrogens is 3. The van der Waals surface area contributed by atoms with Gasteiger partial charge in [-0.1, -0.05) is 29.8 Å². The molecule has 0 aliphatic carbocycles. The van der Waals surface area contributed by atoms with Crippen LogP contribution in [0.4, 0.5) is 11.5 Å². The van der Waals surface area contributed by atoms with E-state index >= 15 is 0 Å². The third-order valence-corrected chi connectivity index (χ3v) is 4.69. The molecule has 0 spiro atoms. The number of aryl methyl sites for hydroxylation is 2. The summed E-state index contributed by atoms with van der Waals surface area (Å²) in [6, 6.07) is 14.2. The average Bonchev–Trinajstić information content (AvgIpc) is 3.02. The zero-order valence-electron chi connectivity index (χ0n) is 15.5. The molecule has 8 heteroatoms. The second-order valence-corrected chi connectivity index (χ2v) is 6.52. The highest BCUT2D eigenvalue weighted by atomic mass is 35.5. The van der Waals surface area contributed by atoms with Crippen molar-refractivity contribution in [3.63, 3.8) is 0 Å². The van der Waals surface area contributed by atoms with E-state index in [4.69, 9.17) is 4.98 Å². The van der Waals surface area contributed by atoms with Gasteiger partial charge in [-0.05, 0) is 30.0 Å². The van der Waals surface area contributed by atoms with Crippen molar-refractivity contribution in [2.45, 2.75) is 20.4 Å². The minimum Gasteiger partial charge on any atom is -0.380 e. The molecule has 7 nitrogen and oxygen atoms in total. The number of nitrogens with one attached hydrogen (secondary N) is 1. The first-order chi connectivity index (χ1) is 13.0. The van der Waals surface area contributed by atoms with Crippen molar-refractivity contribution < 1.29 is 4.92 Å². The minimum atomic E-state index is -0.402. The van der Waals surface area contributed by atoms with Crippen LogP contribution in [0.2, 0.25) is 0 Å². The molecular weight excluding hydrogens is 378 g/mol. The molecule has 2 aromatic carbocycles. The van der Waals surface area contributed by atoms with Gasteiger partial charge in [0, 0.05) is 17.7 Å². The van der Waals surface area contributed by atoms with Crippen molar-refractivity contribution in [3.05, 3.63) is 70.2 Å². The number of pyridine rings is 1. The number of para-hydroxylation sites is 1. The lowest BCUT2D eigenvalue weighted by Crippen LogP contribution is -2.14. The summed E-state index contributed by atoms with van der Waals surface area (Å²) in [5.41, 5.74) is 4.00. The number of nitrogens with zero attached hydrogens (tertiary/aromatic N) is 4. The summed E-state index contributed by atoms with van der Waals surface area (Å²) >= 11 is 0. The number of benzene rings is 2. The molecular formula is C20H20ClN5O2. The van der Waals surface area contributed by atoms with Gasteiger partial charge in [0.15, 0.2) is 5.82 Å². The summed E-state index contributed by atoms with van der Waals surface area (Å²) in [7, 11) is 0. The topological polar surface area (TPSA) is 85.9 Å². The van der Waals surface area contributed by atoms with Crippen LogP contribution in [0.25, 0.3) is 21.8 Å². The Morgan fingerprint density at radius 3 is 2.64 bits per heavy atom. The first-order valence-electron chi connectivity index (χ1n) is 8.74. The van der Waals surface area contributed by atoms with Crippen LogP contribution in [0.3, 0.4) is 0 Å². The number of nitro groups is 1. The maximum absolute atomic E-state index is 11.2. The predicted octanol–water partition coefficient (Wildman–Crippen LogP) is 4.64. The van der Waals surface area contributed by atoms with E-state index in [2.05, 4.69) is 23.3 Å². The number of rotatable bonds is 5. The van der Waals surface area contributed by atoms with E-state index in [0.717, 1.165) is 33.1 Å². The van der Waals surface area contributed by atoms with Crippen LogP contribution < -0.4 is 5.32 Å². The van der Waals surface area contributed by atoms with Crippen molar-refractivity contribution in [3.8, 4) is 0 Å². The molecule has 0 amide bonds. The SMILES string of the molecule is Cc1ccc2nc3ccccc3c(NCCn3c([N+](=O)[O-])cnc3C)c2c1.Cl. The van der Waals surface area contributed by atoms with Gasteiger partial charge in [0.2, 0.25) is 0 Å². The molecule has 4 aromatic rings. The highest BCUT2D eigenvalue weighted by Crippen LogP contribution is 2.31. The number of anilines is 1. The molecule has 0 saturated carbocycles. The predicted molar refractivity (Wildman–Crippen MR) is 113 cm³/mol. The normalized spacial score (nSPS) is 10.8. The molecule has 0 aliphatic rings. The van der Waals surface area contributed by atoms with Crippen LogP contribution in [0.1, 0.15) is 11.4 Å². The monoisotopic (exact) mass is 397 g/mol. The van der Waals surface area contributed by atoms with Gasteiger partial charge in [-0.3, -0.25) is 0 Å². The molecule has 0 saturated heterocycles. The largest absolute Gasteiger partial charge is 0.380 e. The van der Waals surface area contributed by atoms with E-state index < -0.39 is 4.92 Å². The zero-order valence-corrected chi connectivity index (χ0v) is 16.4. The van der Waals surface area contributed by atoms with Crippen LogP contribution in [0.5, 0.6) is 0 Å². The number of halogens is 1. The Bertz CT molecular complexity index is 1170. The fraction of sp³-hybridized carbons (Fsp3) is 0.200. The number of imidazole rings is 1. The van der Waals surface area contributed by atoms with E-state index in [-0.39, 0.29) is 18.2 Å². The van der Waals surface area contributed by atoms with Gasteiger partial charge >= 0.3 is 5.82 Å². The second-order valence-electron chi connectivity index (χ2n) is 6.52. The molecule has 0 aliphatic heterocycles. The number of hydrogen-bond acceptors (Lipinski definition) is 5. The second kappa shape index (κ2) is 7.82. The standard InChI is InChI=1S/C20H19N5O2.ClH/c1-13-7-8-18-16(11-13)20(15-5-3-4-6-17(15)23-18)21-9-10-24-14(2)22-12-19(24)25(26)27;/h3-8,11-12H,9-10H2,1-2H3,(H,21,23);1H. The zero-order chi connectivity index (χ0) is 19.0. The van der Waals surface area contributed by atoms with Gasteiger partial charge in [-0.15, -0.1) is 12.4 Å². The van der Waals surface area contributed by atoms with E-state index in [1.54, 1.807) is 11.5 Å². The van der Waals surface area contributed by atoms with Crippen LogP contribution in [0, 0.1) is 24.0 Å². The maximum atomic E-state index is 11.2. The molecule has 144 valence electrons.